The Bertz CT molecular complexity index is 951. The lowest BCUT2D eigenvalue weighted by Gasteiger charge is -2.25. The van der Waals surface area contributed by atoms with E-state index in [1.54, 1.807) is 85.7 Å². The molecule has 0 atom stereocenters. The molecule has 0 radical (unpaired) electrons. The van der Waals surface area contributed by atoms with E-state index in [1.165, 1.54) is 5.06 Å². The Hall–Kier alpha value is -3.14. The van der Waals surface area contributed by atoms with Gasteiger partial charge in [0, 0.05) is 49.7 Å². The Balaban J connectivity index is 0.000000495. The molecule has 2 rings (SSSR count). The predicted octanol–water partition coefficient (Wildman–Crippen LogP) is 0.0607. The zero-order chi connectivity index (χ0) is 31.3. The molecule has 0 fully saturated rings. The van der Waals surface area contributed by atoms with Crippen molar-refractivity contribution in [2.45, 2.75) is 13.5 Å². The molecule has 0 aliphatic carbocycles. The molecular formula is C23H45N11O8. The summed E-state index contributed by atoms with van der Waals surface area (Å²) in [5, 5.41) is 5.91. The quantitative estimate of drug-likeness (QED) is 0.159. The number of hydroxylamine groups is 3. The van der Waals surface area contributed by atoms with Crippen molar-refractivity contribution in [1.82, 2.24) is 35.0 Å². The lowest BCUT2D eigenvalue weighted by Crippen LogP contribution is -2.34. The van der Waals surface area contributed by atoms with Gasteiger partial charge in [-0.3, -0.25) is 19.5 Å². The standard InChI is InChI=1S/C15H30N6O6.C8H15N5O2/c1-22-8-19(9-23-2)14-16-13(7-21(27-6)12-26-5)17-15(18-14)20(10-24-3)11-25-4;1-6-10-7(9-5-14-3)12-8(11-6)13(2)15-4/h7-12H2,1-6H3;5H2,1-4H3,(H,9,10,11,12). The maximum atomic E-state index is 5.27. The van der Waals surface area contributed by atoms with E-state index in [9.17, 15) is 0 Å². The van der Waals surface area contributed by atoms with Gasteiger partial charge in [0.1, 0.15) is 46.2 Å². The number of methoxy groups -OCH3 is 6. The first-order valence-corrected chi connectivity index (χ1v) is 12.5. The van der Waals surface area contributed by atoms with Crippen molar-refractivity contribution >= 4 is 23.8 Å². The first kappa shape index (κ1) is 36.9. The van der Waals surface area contributed by atoms with Crippen molar-refractivity contribution in [3.63, 3.8) is 0 Å². The predicted molar refractivity (Wildman–Crippen MR) is 152 cm³/mol. The molecule has 240 valence electrons. The second kappa shape index (κ2) is 21.5. The van der Waals surface area contributed by atoms with Gasteiger partial charge in [0.2, 0.25) is 17.8 Å². The highest BCUT2D eigenvalue weighted by molar-refractivity contribution is 5.38. The first-order chi connectivity index (χ1) is 20.3. The van der Waals surface area contributed by atoms with Crippen LogP contribution in [0.4, 0.5) is 23.8 Å². The van der Waals surface area contributed by atoms with Crippen molar-refractivity contribution in [2.24, 2.45) is 0 Å². The normalized spacial score (nSPS) is 10.8. The van der Waals surface area contributed by atoms with Gasteiger partial charge in [0.25, 0.3) is 5.95 Å². The molecule has 2 heterocycles. The maximum Gasteiger partial charge on any atom is 0.254 e. The highest BCUT2D eigenvalue weighted by Crippen LogP contribution is 2.16. The van der Waals surface area contributed by atoms with Crippen molar-refractivity contribution in [2.75, 3.05) is 124 Å². The van der Waals surface area contributed by atoms with E-state index in [0.717, 1.165) is 0 Å². The van der Waals surface area contributed by atoms with E-state index in [4.69, 9.17) is 38.1 Å². The van der Waals surface area contributed by atoms with E-state index in [0.29, 0.717) is 42.2 Å². The molecule has 2 aromatic rings. The number of anilines is 4. The van der Waals surface area contributed by atoms with Gasteiger partial charge in [-0.2, -0.15) is 35.0 Å². The number of rotatable bonds is 20. The SMILES string of the molecule is COCN(Cc1nc(N(COC)COC)nc(N(COC)COC)n1)OC.COCNc1nc(C)nc(N(C)OC)n1. The summed E-state index contributed by atoms with van der Waals surface area (Å²) in [6.45, 7) is 3.66. The minimum absolute atomic E-state index is 0.247. The van der Waals surface area contributed by atoms with Gasteiger partial charge in [-0.25, -0.2) is 5.06 Å². The van der Waals surface area contributed by atoms with Crippen LogP contribution in [0, 0.1) is 6.92 Å². The van der Waals surface area contributed by atoms with Crippen molar-refractivity contribution < 1.29 is 38.1 Å². The average Bonchev–Trinajstić information content (AvgIpc) is 2.99. The maximum absolute atomic E-state index is 5.27. The fourth-order valence-electron chi connectivity index (χ4n) is 3.05. The Kier molecular flexibility index (Phi) is 18.9. The molecule has 19 nitrogen and oxygen atoms in total. The summed E-state index contributed by atoms with van der Waals surface area (Å²) in [5.74, 6) is 2.78. The Labute approximate surface area is 246 Å². The molecule has 0 saturated heterocycles. The summed E-state index contributed by atoms with van der Waals surface area (Å²) in [7, 11) is 14.3. The molecule has 0 unspecified atom stereocenters. The number of aryl methyl sites for hydroxylation is 1. The minimum Gasteiger partial charge on any atom is -0.367 e. The summed E-state index contributed by atoms with van der Waals surface area (Å²) >= 11 is 0. The van der Waals surface area contributed by atoms with E-state index < -0.39 is 0 Å². The van der Waals surface area contributed by atoms with Crippen LogP contribution in [0.5, 0.6) is 0 Å². The third kappa shape index (κ3) is 13.2. The zero-order valence-electron chi connectivity index (χ0n) is 26.2. The van der Waals surface area contributed by atoms with Crippen LogP contribution in [0.15, 0.2) is 0 Å². The monoisotopic (exact) mass is 603 g/mol. The van der Waals surface area contributed by atoms with E-state index in [2.05, 4.69) is 35.2 Å². The summed E-state index contributed by atoms with van der Waals surface area (Å²) in [4.78, 5) is 39.5. The molecule has 0 amide bonds. The van der Waals surface area contributed by atoms with Gasteiger partial charge in [0.15, 0.2) is 5.82 Å². The lowest BCUT2D eigenvalue weighted by molar-refractivity contribution is -0.189. The fraction of sp³-hybridized carbons (Fsp3) is 0.739. The highest BCUT2D eigenvalue weighted by atomic mass is 16.7. The number of aromatic nitrogens is 6. The van der Waals surface area contributed by atoms with Gasteiger partial charge in [-0.05, 0) is 6.92 Å². The molecule has 0 bridgehead atoms. The van der Waals surface area contributed by atoms with Gasteiger partial charge in [0.05, 0.1) is 20.8 Å². The third-order valence-electron chi connectivity index (χ3n) is 4.88. The van der Waals surface area contributed by atoms with Crippen LogP contribution in [0.2, 0.25) is 0 Å². The third-order valence-corrected chi connectivity index (χ3v) is 4.88. The van der Waals surface area contributed by atoms with Crippen LogP contribution < -0.4 is 20.2 Å². The van der Waals surface area contributed by atoms with E-state index in [1.807, 2.05) is 0 Å². The van der Waals surface area contributed by atoms with Crippen LogP contribution in [0.3, 0.4) is 0 Å². The van der Waals surface area contributed by atoms with Crippen LogP contribution in [0.1, 0.15) is 11.6 Å². The molecule has 0 aromatic carbocycles. The molecule has 0 spiro atoms. The van der Waals surface area contributed by atoms with Crippen molar-refractivity contribution in [3.05, 3.63) is 11.6 Å². The second-order valence-corrected chi connectivity index (χ2v) is 8.14. The van der Waals surface area contributed by atoms with Crippen molar-refractivity contribution in [3.8, 4) is 0 Å². The summed E-state index contributed by atoms with van der Waals surface area (Å²) < 4.78 is 30.8. The van der Waals surface area contributed by atoms with Crippen molar-refractivity contribution in [1.29, 1.82) is 0 Å². The van der Waals surface area contributed by atoms with Gasteiger partial charge >= 0.3 is 0 Å². The molecule has 2 aromatic heterocycles. The second-order valence-electron chi connectivity index (χ2n) is 8.14. The number of nitrogens with zero attached hydrogens (tertiary/aromatic N) is 10. The Morgan fingerprint density at radius 2 is 1.10 bits per heavy atom. The van der Waals surface area contributed by atoms with Crippen LogP contribution >= 0.6 is 0 Å². The Morgan fingerprint density at radius 3 is 1.52 bits per heavy atom. The molecule has 0 aliphatic heterocycles. The molecule has 1 N–H and O–H groups in total. The number of hydrogen-bond donors (Lipinski definition) is 1. The van der Waals surface area contributed by atoms with Crippen LogP contribution in [-0.2, 0) is 44.6 Å². The van der Waals surface area contributed by atoms with E-state index in [-0.39, 0.29) is 40.2 Å². The van der Waals surface area contributed by atoms with Gasteiger partial charge in [-0.1, -0.05) is 0 Å². The minimum atomic E-state index is 0.247. The van der Waals surface area contributed by atoms with Gasteiger partial charge < -0.3 is 33.7 Å². The largest absolute Gasteiger partial charge is 0.367 e. The molecule has 19 heteroatoms. The molecule has 0 aliphatic rings. The summed E-state index contributed by atoms with van der Waals surface area (Å²) in [5.41, 5.74) is 0. The summed E-state index contributed by atoms with van der Waals surface area (Å²) in [6, 6.07) is 0. The first-order valence-electron chi connectivity index (χ1n) is 12.5. The van der Waals surface area contributed by atoms with Crippen LogP contribution in [0.25, 0.3) is 0 Å². The van der Waals surface area contributed by atoms with Gasteiger partial charge in [-0.15, -0.1) is 0 Å². The molecular weight excluding hydrogens is 558 g/mol. The molecule has 0 saturated carbocycles. The number of ether oxygens (including phenoxy) is 6. The highest BCUT2D eigenvalue weighted by Gasteiger charge is 2.19. The Morgan fingerprint density at radius 1 is 0.571 bits per heavy atom. The lowest BCUT2D eigenvalue weighted by atomic mass is 10.5. The molecule has 42 heavy (non-hydrogen) atoms. The average molecular weight is 604 g/mol. The number of nitrogens with one attached hydrogen (secondary N) is 1. The number of hydrogen-bond acceptors (Lipinski definition) is 19. The van der Waals surface area contributed by atoms with E-state index >= 15 is 0 Å². The smallest absolute Gasteiger partial charge is 0.254 e. The fourth-order valence-corrected chi connectivity index (χ4v) is 3.05. The summed E-state index contributed by atoms with van der Waals surface area (Å²) in [6.07, 6.45) is 0. The zero-order valence-corrected chi connectivity index (χ0v) is 26.2. The topological polar surface area (TPSA) is 176 Å². The van der Waals surface area contributed by atoms with Crippen LogP contribution in [-0.4, -0.2) is 139 Å².